The molecule has 0 saturated heterocycles. The van der Waals surface area contributed by atoms with E-state index in [0.29, 0.717) is 5.56 Å². The molecule has 0 aliphatic carbocycles. The van der Waals surface area contributed by atoms with Crippen molar-refractivity contribution < 1.29 is 18.9 Å². The fourth-order valence-electron chi connectivity index (χ4n) is 3.54. The third-order valence-electron chi connectivity index (χ3n) is 5.25. The minimum atomic E-state index is -0.0106. The number of aryl methyl sites for hydroxylation is 2. The number of rotatable bonds is 8. The lowest BCUT2D eigenvalue weighted by Crippen LogP contribution is -2.38. The summed E-state index contributed by atoms with van der Waals surface area (Å²) in [5.41, 5.74) is 4.61. The molecule has 0 amide bonds. The first kappa shape index (κ1) is 20.5. The molecule has 5 nitrogen and oxygen atoms in total. The van der Waals surface area contributed by atoms with E-state index in [1.807, 2.05) is 38.2 Å². The normalized spacial score (nSPS) is 10.8. The van der Waals surface area contributed by atoms with Crippen molar-refractivity contribution in [1.29, 1.82) is 0 Å². The molecule has 0 aliphatic heterocycles. The van der Waals surface area contributed by atoms with Crippen LogP contribution in [0.15, 0.2) is 54.9 Å². The Morgan fingerprint density at radius 1 is 1.10 bits per heavy atom. The number of hydrogen-bond donors (Lipinski definition) is 0. The van der Waals surface area contributed by atoms with Gasteiger partial charge in [0, 0.05) is 29.6 Å². The first-order valence-corrected chi connectivity index (χ1v) is 9.72. The number of hydrogen-bond acceptors (Lipinski definition) is 3. The fourth-order valence-corrected chi connectivity index (χ4v) is 3.54. The van der Waals surface area contributed by atoms with Crippen LogP contribution in [0.25, 0.3) is 0 Å². The lowest BCUT2D eigenvalue weighted by atomic mass is 10.1. The Kier molecular flexibility index (Phi) is 6.27. The Morgan fingerprint density at radius 2 is 1.83 bits per heavy atom. The smallest absolute Gasteiger partial charge is 0.229 e. The first-order valence-electron chi connectivity index (χ1n) is 9.72. The van der Waals surface area contributed by atoms with E-state index < -0.39 is 0 Å². The summed E-state index contributed by atoms with van der Waals surface area (Å²) in [4.78, 5) is 24.5. The molecule has 150 valence electrons. The number of carbonyl (C=O) groups is 2. The zero-order valence-electron chi connectivity index (χ0n) is 17.4. The quantitative estimate of drug-likeness (QED) is 0.434. The summed E-state index contributed by atoms with van der Waals surface area (Å²) < 4.78 is 9.16. The largest absolute Gasteiger partial charge is 0.497 e. The van der Waals surface area contributed by atoms with Crippen LogP contribution in [0.4, 0.5) is 0 Å². The van der Waals surface area contributed by atoms with Crippen molar-refractivity contribution in [3.63, 3.8) is 0 Å². The van der Waals surface area contributed by atoms with Crippen molar-refractivity contribution in [2.24, 2.45) is 0 Å². The molecular formula is C24H27N2O3+. The van der Waals surface area contributed by atoms with Crippen molar-refractivity contribution in [2.45, 2.75) is 40.3 Å². The topological polar surface area (TPSA) is 52.2 Å². The van der Waals surface area contributed by atoms with Gasteiger partial charge in [0.25, 0.3) is 0 Å². The number of Topliss-reactive ketones (excluding diaryl/α,β-unsaturated/α-hetero) is 2. The van der Waals surface area contributed by atoms with E-state index in [1.165, 1.54) is 12.5 Å². The summed E-state index contributed by atoms with van der Waals surface area (Å²) in [6, 6.07) is 13.6. The first-order chi connectivity index (χ1) is 13.9. The standard InChI is InChI=1S/C24H27N2O3/c1-17-14-23(24(28)16-25-12-5-6-21(15-25)19(3)27)18(2)26(17)13-11-20-7-9-22(29-4)10-8-20/h5-10,12,14-15H,11,13,16H2,1-4H3/q+1. The van der Waals surface area contributed by atoms with E-state index in [4.69, 9.17) is 4.74 Å². The number of ether oxygens (including phenoxy) is 1. The van der Waals surface area contributed by atoms with Crippen molar-refractivity contribution in [3.05, 3.63) is 82.9 Å². The van der Waals surface area contributed by atoms with E-state index in [-0.39, 0.29) is 18.1 Å². The Morgan fingerprint density at radius 3 is 2.48 bits per heavy atom. The molecule has 0 saturated carbocycles. The molecule has 0 unspecified atom stereocenters. The van der Waals surface area contributed by atoms with Gasteiger partial charge in [-0.25, -0.2) is 0 Å². The van der Waals surface area contributed by atoms with Crippen LogP contribution in [-0.2, 0) is 19.5 Å². The second kappa shape index (κ2) is 8.86. The van der Waals surface area contributed by atoms with Crippen LogP contribution in [0.1, 0.15) is 44.6 Å². The van der Waals surface area contributed by atoms with E-state index in [9.17, 15) is 9.59 Å². The third-order valence-corrected chi connectivity index (χ3v) is 5.25. The van der Waals surface area contributed by atoms with Gasteiger partial charge in [0.15, 0.2) is 18.2 Å². The van der Waals surface area contributed by atoms with Gasteiger partial charge in [-0.1, -0.05) is 12.1 Å². The monoisotopic (exact) mass is 391 g/mol. The second-order valence-electron chi connectivity index (χ2n) is 7.28. The molecule has 0 bridgehead atoms. The predicted octanol–water partition coefficient (Wildman–Crippen LogP) is 3.73. The number of pyridine rings is 1. The molecule has 0 N–H and O–H groups in total. The molecule has 3 aromatic rings. The van der Waals surface area contributed by atoms with Gasteiger partial charge in [0.05, 0.1) is 12.7 Å². The molecule has 5 heteroatoms. The molecule has 0 fully saturated rings. The summed E-state index contributed by atoms with van der Waals surface area (Å²) >= 11 is 0. The van der Waals surface area contributed by atoms with E-state index in [2.05, 4.69) is 16.7 Å². The summed E-state index contributed by atoms with van der Waals surface area (Å²) in [6.45, 7) is 6.57. The van der Waals surface area contributed by atoms with Crippen molar-refractivity contribution >= 4 is 11.6 Å². The average Bonchev–Trinajstić information content (AvgIpc) is 3.00. The maximum atomic E-state index is 12.9. The summed E-state index contributed by atoms with van der Waals surface area (Å²) in [5, 5.41) is 0. The van der Waals surface area contributed by atoms with Gasteiger partial charge in [0.2, 0.25) is 12.3 Å². The zero-order chi connectivity index (χ0) is 21.0. The van der Waals surface area contributed by atoms with Crippen LogP contribution in [-0.4, -0.2) is 23.2 Å². The van der Waals surface area contributed by atoms with Crippen LogP contribution in [0, 0.1) is 13.8 Å². The van der Waals surface area contributed by atoms with Gasteiger partial charge in [-0.05, 0) is 57.0 Å². The van der Waals surface area contributed by atoms with Crippen molar-refractivity contribution in [3.8, 4) is 5.75 Å². The maximum absolute atomic E-state index is 12.9. The highest BCUT2D eigenvalue weighted by Gasteiger charge is 2.19. The lowest BCUT2D eigenvalue weighted by molar-refractivity contribution is -0.683. The van der Waals surface area contributed by atoms with E-state index in [0.717, 1.165) is 35.7 Å². The molecule has 29 heavy (non-hydrogen) atoms. The summed E-state index contributed by atoms with van der Waals surface area (Å²) in [7, 11) is 1.66. The minimum absolute atomic E-state index is 0.0106. The Labute approximate surface area is 171 Å². The molecule has 0 aliphatic rings. The van der Waals surface area contributed by atoms with Gasteiger partial charge in [-0.2, -0.15) is 4.57 Å². The average molecular weight is 391 g/mol. The zero-order valence-corrected chi connectivity index (χ0v) is 17.4. The number of carbonyl (C=O) groups excluding carboxylic acids is 2. The molecular weight excluding hydrogens is 364 g/mol. The van der Waals surface area contributed by atoms with Crippen LogP contribution in [0.5, 0.6) is 5.75 Å². The molecule has 0 atom stereocenters. The molecule has 2 heterocycles. The highest BCUT2D eigenvalue weighted by atomic mass is 16.5. The van der Waals surface area contributed by atoms with E-state index in [1.54, 1.807) is 30.0 Å². The van der Waals surface area contributed by atoms with Crippen LogP contribution >= 0.6 is 0 Å². The third kappa shape index (κ3) is 4.80. The summed E-state index contributed by atoms with van der Waals surface area (Å²) in [6.07, 6.45) is 4.42. The molecule has 0 spiro atoms. The van der Waals surface area contributed by atoms with Crippen molar-refractivity contribution in [1.82, 2.24) is 4.57 Å². The highest BCUT2D eigenvalue weighted by Crippen LogP contribution is 2.18. The van der Waals surface area contributed by atoms with E-state index >= 15 is 0 Å². The molecule has 2 aromatic heterocycles. The number of nitrogens with zero attached hydrogens (tertiary/aromatic N) is 2. The second-order valence-corrected chi connectivity index (χ2v) is 7.28. The van der Waals surface area contributed by atoms with Gasteiger partial charge in [-0.3, -0.25) is 9.59 Å². The number of benzene rings is 1. The Hall–Kier alpha value is -3.21. The fraction of sp³-hybridized carbons (Fsp3) is 0.292. The minimum Gasteiger partial charge on any atom is -0.497 e. The van der Waals surface area contributed by atoms with Crippen LogP contribution in [0.2, 0.25) is 0 Å². The van der Waals surface area contributed by atoms with Gasteiger partial charge in [-0.15, -0.1) is 0 Å². The van der Waals surface area contributed by atoms with Gasteiger partial charge < -0.3 is 9.30 Å². The number of methoxy groups -OCH3 is 1. The molecule has 1 aromatic carbocycles. The Bertz CT molecular complexity index is 1030. The highest BCUT2D eigenvalue weighted by molar-refractivity contribution is 5.96. The maximum Gasteiger partial charge on any atom is 0.229 e. The lowest BCUT2D eigenvalue weighted by Gasteiger charge is -2.10. The Balaban J connectivity index is 1.73. The summed E-state index contributed by atoms with van der Waals surface area (Å²) in [5.74, 6) is 0.879. The van der Waals surface area contributed by atoms with Crippen LogP contribution in [0.3, 0.4) is 0 Å². The van der Waals surface area contributed by atoms with Crippen molar-refractivity contribution in [2.75, 3.05) is 7.11 Å². The van der Waals surface area contributed by atoms with Gasteiger partial charge >= 0.3 is 0 Å². The predicted molar refractivity (Wildman–Crippen MR) is 112 cm³/mol. The number of ketones is 2. The SMILES string of the molecule is COc1ccc(CCn2c(C)cc(C(=O)C[n+]3cccc(C(C)=O)c3)c2C)cc1. The van der Waals surface area contributed by atoms with Crippen LogP contribution < -0.4 is 9.30 Å². The molecule has 3 rings (SSSR count). The molecule has 0 radical (unpaired) electrons. The number of aromatic nitrogens is 2. The van der Waals surface area contributed by atoms with Gasteiger partial charge in [0.1, 0.15) is 5.75 Å².